The zero-order valence-corrected chi connectivity index (χ0v) is 9.47. The highest BCUT2D eigenvalue weighted by Crippen LogP contribution is 2.11. The molecule has 1 heterocycles. The molecule has 0 amide bonds. The van der Waals surface area contributed by atoms with Crippen LogP contribution in [0.25, 0.3) is 0 Å². The Kier molecular flexibility index (Phi) is 3.72. The molecule has 0 aliphatic carbocycles. The van der Waals surface area contributed by atoms with Crippen LogP contribution < -0.4 is 0 Å². The van der Waals surface area contributed by atoms with E-state index in [1.807, 2.05) is 30.3 Å². The fraction of sp³-hybridized carbons (Fsp3) is 0.308. The van der Waals surface area contributed by atoms with Gasteiger partial charge in [0, 0.05) is 19.5 Å². The monoisotopic (exact) mass is 216 g/mol. The zero-order chi connectivity index (χ0) is 11.2. The van der Waals surface area contributed by atoms with Crippen LogP contribution in [0.3, 0.4) is 0 Å². The van der Waals surface area contributed by atoms with Crippen molar-refractivity contribution in [2.24, 2.45) is 4.99 Å². The Balaban J connectivity index is 1.86. The van der Waals surface area contributed by atoms with Crippen molar-refractivity contribution in [1.29, 1.82) is 0 Å². The molecule has 0 atom stereocenters. The number of para-hydroxylation sites is 1. The molecule has 3 heteroatoms. The first-order valence-corrected chi connectivity index (χ1v) is 5.46. The molecule has 1 aromatic rings. The van der Waals surface area contributed by atoms with Crippen molar-refractivity contribution in [1.82, 2.24) is 4.90 Å². The van der Waals surface area contributed by atoms with Gasteiger partial charge >= 0.3 is 0 Å². The molecule has 0 saturated heterocycles. The van der Waals surface area contributed by atoms with Crippen LogP contribution in [-0.4, -0.2) is 31.4 Å². The van der Waals surface area contributed by atoms with Gasteiger partial charge in [0.05, 0.1) is 5.69 Å². The fourth-order valence-corrected chi connectivity index (χ4v) is 1.53. The summed E-state index contributed by atoms with van der Waals surface area (Å²) in [5.41, 5.74) is 0.913. The lowest BCUT2D eigenvalue weighted by Crippen LogP contribution is -2.24. The van der Waals surface area contributed by atoms with E-state index in [2.05, 4.69) is 23.0 Å². The summed E-state index contributed by atoms with van der Waals surface area (Å²) < 4.78 is 5.48. The van der Waals surface area contributed by atoms with Gasteiger partial charge in [-0.2, -0.15) is 0 Å². The quantitative estimate of drug-likeness (QED) is 0.573. The van der Waals surface area contributed by atoms with Crippen molar-refractivity contribution in [3.8, 4) is 0 Å². The minimum absolute atomic E-state index is 0.913. The molecule has 2 rings (SSSR count). The molecule has 0 spiro atoms. The van der Waals surface area contributed by atoms with Gasteiger partial charge < -0.3 is 9.64 Å². The molecule has 0 bridgehead atoms. The maximum atomic E-state index is 5.48. The van der Waals surface area contributed by atoms with Gasteiger partial charge in [-0.05, 0) is 25.3 Å². The Hall–Kier alpha value is -1.61. The number of rotatable bonds is 3. The van der Waals surface area contributed by atoms with Gasteiger partial charge in [0.15, 0.2) is 6.40 Å². The predicted octanol–water partition coefficient (Wildman–Crippen LogP) is 2.58. The van der Waals surface area contributed by atoms with E-state index in [0.29, 0.717) is 0 Å². The number of aliphatic imine (C=N–C) groups is 1. The third-order valence-corrected chi connectivity index (χ3v) is 2.53. The molecule has 84 valence electrons. The maximum Gasteiger partial charge on any atom is 0.181 e. The van der Waals surface area contributed by atoms with E-state index in [-0.39, 0.29) is 0 Å². The summed E-state index contributed by atoms with van der Waals surface area (Å²) in [7, 11) is 2.10. The third-order valence-electron chi connectivity index (χ3n) is 2.53. The summed E-state index contributed by atoms with van der Waals surface area (Å²) in [6, 6.07) is 9.79. The topological polar surface area (TPSA) is 24.8 Å². The van der Waals surface area contributed by atoms with Crippen LogP contribution in [0.5, 0.6) is 0 Å². The minimum Gasteiger partial charge on any atom is -0.450 e. The first kappa shape index (κ1) is 10.9. The van der Waals surface area contributed by atoms with E-state index < -0.39 is 0 Å². The molecule has 0 radical (unpaired) electrons. The van der Waals surface area contributed by atoms with Gasteiger partial charge in [0.25, 0.3) is 0 Å². The smallest absolute Gasteiger partial charge is 0.181 e. The molecule has 0 aromatic heterocycles. The van der Waals surface area contributed by atoms with E-state index in [1.165, 1.54) is 6.40 Å². The van der Waals surface area contributed by atoms with Gasteiger partial charge in [-0.25, -0.2) is 4.99 Å². The van der Waals surface area contributed by atoms with Crippen molar-refractivity contribution in [3.05, 3.63) is 42.2 Å². The number of hydrogen-bond acceptors (Lipinski definition) is 3. The lowest BCUT2D eigenvalue weighted by atomic mass is 10.2. The van der Waals surface area contributed by atoms with Crippen LogP contribution in [0, 0.1) is 0 Å². The van der Waals surface area contributed by atoms with Gasteiger partial charge in [-0.1, -0.05) is 18.2 Å². The van der Waals surface area contributed by atoms with Crippen LogP contribution >= 0.6 is 0 Å². The highest BCUT2D eigenvalue weighted by molar-refractivity contribution is 5.56. The van der Waals surface area contributed by atoms with Crippen molar-refractivity contribution in [3.63, 3.8) is 0 Å². The zero-order valence-electron chi connectivity index (χ0n) is 9.47. The SMILES string of the molecule is CN1CC=C(O/C=N/c2ccccc2)CC1. The summed E-state index contributed by atoms with van der Waals surface area (Å²) in [4.78, 5) is 6.47. The van der Waals surface area contributed by atoms with Gasteiger partial charge in [0.1, 0.15) is 5.76 Å². The second kappa shape index (κ2) is 5.47. The Morgan fingerprint density at radius 2 is 2.12 bits per heavy atom. The van der Waals surface area contributed by atoms with Gasteiger partial charge in [-0.3, -0.25) is 0 Å². The van der Waals surface area contributed by atoms with E-state index >= 15 is 0 Å². The molecule has 1 aliphatic rings. The highest BCUT2D eigenvalue weighted by Gasteiger charge is 2.07. The second-order valence-corrected chi connectivity index (χ2v) is 3.87. The Morgan fingerprint density at radius 1 is 1.31 bits per heavy atom. The van der Waals surface area contributed by atoms with Crippen molar-refractivity contribution in [2.45, 2.75) is 6.42 Å². The first-order valence-electron chi connectivity index (χ1n) is 5.46. The van der Waals surface area contributed by atoms with E-state index in [0.717, 1.165) is 31.0 Å². The fourth-order valence-electron chi connectivity index (χ4n) is 1.53. The van der Waals surface area contributed by atoms with Crippen molar-refractivity contribution >= 4 is 12.1 Å². The van der Waals surface area contributed by atoms with E-state index in [9.17, 15) is 0 Å². The molecular formula is C13H16N2O. The maximum absolute atomic E-state index is 5.48. The number of benzene rings is 1. The third kappa shape index (κ3) is 3.21. The summed E-state index contributed by atoms with van der Waals surface area (Å²) >= 11 is 0. The highest BCUT2D eigenvalue weighted by atomic mass is 16.5. The molecule has 1 aromatic carbocycles. The van der Waals surface area contributed by atoms with E-state index in [4.69, 9.17) is 4.74 Å². The normalized spacial score (nSPS) is 17.4. The number of hydrogen-bond donors (Lipinski definition) is 0. The van der Waals surface area contributed by atoms with Crippen LogP contribution in [0.15, 0.2) is 47.2 Å². The molecule has 0 saturated carbocycles. The summed E-state index contributed by atoms with van der Waals surface area (Å²) in [5, 5.41) is 0. The molecule has 0 fully saturated rings. The minimum atomic E-state index is 0.913. The number of nitrogens with zero attached hydrogens (tertiary/aromatic N) is 2. The van der Waals surface area contributed by atoms with Crippen molar-refractivity contribution in [2.75, 3.05) is 20.1 Å². The number of likely N-dealkylation sites (N-methyl/N-ethyl adjacent to an activating group) is 1. The lowest BCUT2D eigenvalue weighted by Gasteiger charge is -2.20. The predicted molar refractivity (Wildman–Crippen MR) is 65.9 cm³/mol. The lowest BCUT2D eigenvalue weighted by molar-refractivity contribution is 0.303. The molecule has 16 heavy (non-hydrogen) atoms. The molecule has 1 aliphatic heterocycles. The molecule has 0 unspecified atom stereocenters. The van der Waals surface area contributed by atoms with Gasteiger partial charge in [-0.15, -0.1) is 0 Å². The van der Waals surface area contributed by atoms with Crippen LogP contribution in [0.2, 0.25) is 0 Å². The standard InChI is InChI=1S/C13H16N2O/c1-15-9-7-13(8-10-15)16-11-14-12-5-3-2-4-6-12/h2-7,11H,8-10H2,1H3/b14-11+. The number of ether oxygens (including phenoxy) is 1. The molecule has 0 N–H and O–H groups in total. The summed E-state index contributed by atoms with van der Waals surface area (Å²) in [6.07, 6.45) is 4.57. The summed E-state index contributed by atoms with van der Waals surface area (Å²) in [5.74, 6) is 1.01. The molecular weight excluding hydrogens is 200 g/mol. The first-order chi connectivity index (χ1) is 7.84. The average Bonchev–Trinajstić information content (AvgIpc) is 2.33. The van der Waals surface area contributed by atoms with Crippen molar-refractivity contribution < 1.29 is 4.74 Å². The molecule has 3 nitrogen and oxygen atoms in total. The Labute approximate surface area is 96.1 Å². The Bertz CT molecular complexity index is 384. The average molecular weight is 216 g/mol. The summed E-state index contributed by atoms with van der Waals surface area (Å²) in [6.45, 7) is 2.00. The van der Waals surface area contributed by atoms with E-state index in [1.54, 1.807) is 0 Å². The Morgan fingerprint density at radius 3 is 2.81 bits per heavy atom. The van der Waals surface area contributed by atoms with Crippen LogP contribution in [-0.2, 0) is 4.74 Å². The van der Waals surface area contributed by atoms with Gasteiger partial charge in [0.2, 0.25) is 0 Å². The largest absolute Gasteiger partial charge is 0.450 e. The van der Waals surface area contributed by atoms with Crippen LogP contribution in [0.4, 0.5) is 5.69 Å². The van der Waals surface area contributed by atoms with Crippen LogP contribution in [0.1, 0.15) is 6.42 Å². The second-order valence-electron chi connectivity index (χ2n) is 3.87.